The van der Waals surface area contributed by atoms with Crippen LogP contribution < -0.4 is 15.4 Å². The molecular weight excluding hydrogens is 284 g/mol. The Kier molecular flexibility index (Phi) is 5.31. The van der Waals surface area contributed by atoms with E-state index >= 15 is 0 Å². The molecular formula is C20H26N2O. The molecule has 2 N–H and O–H groups in total. The molecule has 3 nitrogen and oxygen atoms in total. The molecule has 0 amide bonds. The highest BCUT2D eigenvalue weighted by Gasteiger charge is 2.33. The molecule has 0 aromatic heterocycles. The minimum absolute atomic E-state index is 0.231. The van der Waals surface area contributed by atoms with Crippen LogP contribution in [-0.2, 0) is 12.0 Å². The zero-order valence-corrected chi connectivity index (χ0v) is 13.8. The average Bonchev–Trinajstić information content (AvgIpc) is 2.64. The summed E-state index contributed by atoms with van der Waals surface area (Å²) < 4.78 is 5.45. The van der Waals surface area contributed by atoms with E-state index in [0.717, 1.165) is 31.9 Å². The van der Waals surface area contributed by atoms with Crippen LogP contribution >= 0.6 is 0 Å². The van der Waals surface area contributed by atoms with E-state index in [1.165, 1.54) is 24.0 Å². The standard InChI is InChI=1S/C20H26N2O/c1-23-19-10-6-5-7-17(19)15-22-16-20(11-13-21-14-12-20)18-8-3-2-4-9-18/h2-10,21-22H,11-16H2,1H3. The van der Waals surface area contributed by atoms with E-state index in [-0.39, 0.29) is 5.41 Å². The fourth-order valence-corrected chi connectivity index (χ4v) is 3.55. The fraction of sp³-hybridized carbons (Fsp3) is 0.400. The molecule has 3 rings (SSSR count). The number of hydrogen-bond acceptors (Lipinski definition) is 3. The molecule has 0 spiro atoms. The molecule has 122 valence electrons. The van der Waals surface area contributed by atoms with Gasteiger partial charge in [0.2, 0.25) is 0 Å². The third kappa shape index (κ3) is 3.74. The van der Waals surface area contributed by atoms with Crippen molar-refractivity contribution in [3.8, 4) is 5.75 Å². The molecule has 0 unspecified atom stereocenters. The highest BCUT2D eigenvalue weighted by molar-refractivity contribution is 5.33. The summed E-state index contributed by atoms with van der Waals surface area (Å²) in [7, 11) is 1.73. The first kappa shape index (κ1) is 16.0. The predicted molar refractivity (Wildman–Crippen MR) is 94.9 cm³/mol. The summed E-state index contributed by atoms with van der Waals surface area (Å²) in [5.74, 6) is 0.957. The molecule has 0 atom stereocenters. The summed E-state index contributed by atoms with van der Waals surface area (Å²) in [6.07, 6.45) is 2.35. The Labute approximate surface area is 139 Å². The number of piperidine rings is 1. The second-order valence-corrected chi connectivity index (χ2v) is 6.31. The van der Waals surface area contributed by atoms with Crippen molar-refractivity contribution in [1.29, 1.82) is 0 Å². The largest absolute Gasteiger partial charge is 0.496 e. The first-order valence-corrected chi connectivity index (χ1v) is 8.43. The van der Waals surface area contributed by atoms with Gasteiger partial charge in [0.25, 0.3) is 0 Å². The number of nitrogens with one attached hydrogen (secondary N) is 2. The molecule has 1 fully saturated rings. The average molecular weight is 310 g/mol. The van der Waals surface area contributed by atoms with Crippen LogP contribution in [0, 0.1) is 0 Å². The topological polar surface area (TPSA) is 33.3 Å². The van der Waals surface area contributed by atoms with Gasteiger partial charge < -0.3 is 15.4 Å². The van der Waals surface area contributed by atoms with Crippen LogP contribution in [0.5, 0.6) is 5.75 Å². The molecule has 1 saturated heterocycles. The molecule has 0 saturated carbocycles. The Bertz CT molecular complexity index is 606. The summed E-state index contributed by atoms with van der Waals surface area (Å²) in [5, 5.41) is 7.17. The maximum absolute atomic E-state index is 5.45. The van der Waals surface area contributed by atoms with Crippen LogP contribution in [0.1, 0.15) is 24.0 Å². The van der Waals surface area contributed by atoms with Crippen LogP contribution in [0.2, 0.25) is 0 Å². The molecule has 1 aliphatic heterocycles. The number of benzene rings is 2. The fourth-order valence-electron chi connectivity index (χ4n) is 3.55. The first-order chi connectivity index (χ1) is 11.3. The highest BCUT2D eigenvalue weighted by Crippen LogP contribution is 2.33. The van der Waals surface area contributed by atoms with Gasteiger partial charge in [-0.3, -0.25) is 0 Å². The van der Waals surface area contributed by atoms with Gasteiger partial charge in [0, 0.05) is 24.1 Å². The lowest BCUT2D eigenvalue weighted by molar-refractivity contribution is 0.292. The minimum Gasteiger partial charge on any atom is -0.496 e. The lowest BCUT2D eigenvalue weighted by Crippen LogP contribution is -2.46. The molecule has 0 radical (unpaired) electrons. The van der Waals surface area contributed by atoms with E-state index in [1.807, 2.05) is 12.1 Å². The smallest absolute Gasteiger partial charge is 0.123 e. The van der Waals surface area contributed by atoms with Gasteiger partial charge >= 0.3 is 0 Å². The van der Waals surface area contributed by atoms with E-state index in [4.69, 9.17) is 4.74 Å². The predicted octanol–water partition coefficient (Wildman–Crippen LogP) is 3.11. The van der Waals surface area contributed by atoms with E-state index in [1.54, 1.807) is 7.11 Å². The number of methoxy groups -OCH3 is 1. The van der Waals surface area contributed by atoms with Gasteiger partial charge in [-0.1, -0.05) is 48.5 Å². The van der Waals surface area contributed by atoms with E-state index in [0.29, 0.717) is 0 Å². The molecule has 2 aromatic carbocycles. The third-order valence-corrected chi connectivity index (χ3v) is 4.92. The minimum atomic E-state index is 0.231. The maximum Gasteiger partial charge on any atom is 0.123 e. The summed E-state index contributed by atoms with van der Waals surface area (Å²) >= 11 is 0. The Hall–Kier alpha value is -1.84. The lowest BCUT2D eigenvalue weighted by Gasteiger charge is -2.38. The van der Waals surface area contributed by atoms with Gasteiger partial charge in [-0.2, -0.15) is 0 Å². The number of rotatable bonds is 6. The van der Waals surface area contributed by atoms with Crippen molar-refractivity contribution in [2.24, 2.45) is 0 Å². The first-order valence-electron chi connectivity index (χ1n) is 8.43. The Morgan fingerprint density at radius 3 is 2.43 bits per heavy atom. The number of hydrogen-bond donors (Lipinski definition) is 2. The third-order valence-electron chi connectivity index (χ3n) is 4.92. The van der Waals surface area contributed by atoms with Crippen molar-refractivity contribution in [3.63, 3.8) is 0 Å². The maximum atomic E-state index is 5.45. The van der Waals surface area contributed by atoms with Crippen LogP contribution in [0.15, 0.2) is 54.6 Å². The van der Waals surface area contributed by atoms with E-state index in [9.17, 15) is 0 Å². The molecule has 0 aliphatic carbocycles. The molecule has 0 bridgehead atoms. The van der Waals surface area contributed by atoms with Gasteiger partial charge in [-0.15, -0.1) is 0 Å². The molecule has 1 heterocycles. The van der Waals surface area contributed by atoms with Gasteiger partial charge in [0.1, 0.15) is 5.75 Å². The quantitative estimate of drug-likeness (QED) is 0.860. The highest BCUT2D eigenvalue weighted by atomic mass is 16.5. The normalized spacial score (nSPS) is 16.9. The summed E-state index contributed by atoms with van der Waals surface area (Å²) in [6.45, 7) is 4.01. The van der Waals surface area contributed by atoms with Gasteiger partial charge in [-0.25, -0.2) is 0 Å². The second-order valence-electron chi connectivity index (χ2n) is 6.31. The van der Waals surface area contributed by atoms with Gasteiger partial charge in [0.15, 0.2) is 0 Å². The van der Waals surface area contributed by atoms with Crippen LogP contribution in [0.3, 0.4) is 0 Å². The van der Waals surface area contributed by atoms with E-state index < -0.39 is 0 Å². The van der Waals surface area contributed by atoms with Gasteiger partial charge in [0.05, 0.1) is 7.11 Å². The summed E-state index contributed by atoms with van der Waals surface area (Å²) in [6, 6.07) is 19.2. The monoisotopic (exact) mass is 310 g/mol. The molecule has 1 aliphatic rings. The molecule has 2 aromatic rings. The van der Waals surface area contributed by atoms with Crippen LogP contribution in [0.4, 0.5) is 0 Å². The van der Waals surface area contributed by atoms with Crippen molar-refractivity contribution >= 4 is 0 Å². The van der Waals surface area contributed by atoms with Crippen molar-refractivity contribution < 1.29 is 4.74 Å². The van der Waals surface area contributed by atoms with Crippen molar-refractivity contribution in [3.05, 3.63) is 65.7 Å². The Morgan fingerprint density at radius 1 is 1.00 bits per heavy atom. The van der Waals surface area contributed by atoms with Crippen molar-refractivity contribution in [2.75, 3.05) is 26.7 Å². The van der Waals surface area contributed by atoms with E-state index in [2.05, 4.69) is 53.1 Å². The number of para-hydroxylation sites is 1. The summed E-state index contributed by atoms with van der Waals surface area (Å²) in [5.41, 5.74) is 2.90. The van der Waals surface area contributed by atoms with Crippen molar-refractivity contribution in [2.45, 2.75) is 24.8 Å². The van der Waals surface area contributed by atoms with Crippen LogP contribution in [0.25, 0.3) is 0 Å². The van der Waals surface area contributed by atoms with Crippen LogP contribution in [-0.4, -0.2) is 26.7 Å². The van der Waals surface area contributed by atoms with Crippen molar-refractivity contribution in [1.82, 2.24) is 10.6 Å². The van der Waals surface area contributed by atoms with Gasteiger partial charge in [-0.05, 0) is 37.6 Å². The lowest BCUT2D eigenvalue weighted by atomic mass is 9.73. The Balaban J connectivity index is 1.70. The SMILES string of the molecule is COc1ccccc1CNCC1(c2ccccc2)CCNCC1. The number of ether oxygens (including phenoxy) is 1. The zero-order valence-electron chi connectivity index (χ0n) is 13.8. The second kappa shape index (κ2) is 7.62. The Morgan fingerprint density at radius 2 is 1.70 bits per heavy atom. The zero-order chi connectivity index (χ0) is 16.0. The summed E-state index contributed by atoms with van der Waals surface area (Å²) in [4.78, 5) is 0. The molecule has 23 heavy (non-hydrogen) atoms. The molecule has 3 heteroatoms.